The molecule has 10 heteroatoms. The van der Waals surface area contributed by atoms with Gasteiger partial charge < -0.3 is 15.4 Å². The Morgan fingerprint density at radius 2 is 0.556 bits per heavy atom. The molecule has 9 rings (SSSR count). The van der Waals surface area contributed by atoms with Crippen LogP contribution in [0, 0.1) is 0 Å². The molecule has 0 aliphatic carbocycles. The predicted molar refractivity (Wildman–Crippen MR) is 207 cm³/mol. The second-order valence-corrected chi connectivity index (χ2v) is 13.4. The van der Waals surface area contributed by atoms with Gasteiger partial charge >= 0.3 is 19.5 Å². The third-order valence-corrected chi connectivity index (χ3v) is 9.68. The molecule has 8 bridgehead atoms. The van der Waals surface area contributed by atoms with Crippen LogP contribution in [0.4, 0.5) is 0 Å². The van der Waals surface area contributed by atoms with Crippen LogP contribution in [0.15, 0.2) is 122 Å². The molecular formula is C44H38N8OZn+4. The quantitative estimate of drug-likeness (QED) is 0.185. The third-order valence-electron chi connectivity index (χ3n) is 9.68. The summed E-state index contributed by atoms with van der Waals surface area (Å²) in [6.45, 7) is 0. The SMILES string of the molecule is C[n+]1ccc(-c2c3nc(c(-c4cc[n+](C)cc4)c4ccc([n-]4)c(-c4cc[n+](C)cc4)c4nc(c(-c5cc[n+](C)cc5)c5ccc2[n-]5)C=C4)C=C3)cc1.O.[Zn+2]. The van der Waals surface area contributed by atoms with Crippen molar-refractivity contribution in [2.45, 2.75) is 0 Å². The average molecular weight is 760 g/mol. The molecule has 9 heterocycles. The van der Waals surface area contributed by atoms with Crippen molar-refractivity contribution in [1.82, 2.24) is 19.9 Å². The minimum atomic E-state index is 0. The number of aryl methyl sites for hydroxylation is 4. The summed E-state index contributed by atoms with van der Waals surface area (Å²) in [6, 6.07) is 25.4. The van der Waals surface area contributed by atoms with Crippen molar-refractivity contribution >= 4 is 46.4 Å². The molecule has 258 valence electrons. The van der Waals surface area contributed by atoms with E-state index < -0.39 is 0 Å². The molecule has 0 fully saturated rings. The smallest absolute Gasteiger partial charge is 0.657 e. The van der Waals surface area contributed by atoms with E-state index in [-0.39, 0.29) is 25.0 Å². The number of hydrogen-bond acceptors (Lipinski definition) is 2. The van der Waals surface area contributed by atoms with Crippen LogP contribution in [0.3, 0.4) is 0 Å². The van der Waals surface area contributed by atoms with Crippen LogP contribution in [0.2, 0.25) is 0 Å². The molecular weight excluding hydrogens is 722 g/mol. The van der Waals surface area contributed by atoms with Crippen molar-refractivity contribution in [1.29, 1.82) is 0 Å². The number of rotatable bonds is 4. The van der Waals surface area contributed by atoms with Gasteiger partial charge in [0.25, 0.3) is 0 Å². The molecule has 2 N–H and O–H groups in total. The van der Waals surface area contributed by atoms with Gasteiger partial charge in [0.15, 0.2) is 49.6 Å². The third kappa shape index (κ3) is 6.62. The van der Waals surface area contributed by atoms with Crippen molar-refractivity contribution in [2.24, 2.45) is 28.2 Å². The second-order valence-electron chi connectivity index (χ2n) is 13.4. The molecule has 7 aromatic rings. The molecule has 2 aliphatic heterocycles. The van der Waals surface area contributed by atoms with Crippen LogP contribution in [-0.2, 0) is 47.7 Å². The van der Waals surface area contributed by atoms with E-state index >= 15 is 0 Å². The summed E-state index contributed by atoms with van der Waals surface area (Å²) in [5.74, 6) is 0. The molecule has 0 amide bonds. The molecule has 0 saturated heterocycles. The zero-order valence-corrected chi connectivity index (χ0v) is 33.6. The molecule has 0 unspecified atom stereocenters. The van der Waals surface area contributed by atoms with Gasteiger partial charge in [-0.05, 0) is 68.8 Å². The summed E-state index contributed by atoms with van der Waals surface area (Å²) in [6.07, 6.45) is 24.9. The minimum Gasteiger partial charge on any atom is -0.657 e. The summed E-state index contributed by atoms with van der Waals surface area (Å²) in [7, 11) is 8.10. The maximum Gasteiger partial charge on any atom is 2.00 e. The Kier molecular flexibility index (Phi) is 9.82. The van der Waals surface area contributed by atoms with E-state index in [1.54, 1.807) is 0 Å². The number of fused-ring (bicyclic) bond motifs is 8. The van der Waals surface area contributed by atoms with Gasteiger partial charge in [-0.3, -0.25) is 0 Å². The van der Waals surface area contributed by atoms with Crippen LogP contribution >= 0.6 is 0 Å². The zero-order valence-electron chi connectivity index (χ0n) is 30.6. The van der Waals surface area contributed by atoms with Crippen molar-refractivity contribution in [3.8, 4) is 44.5 Å². The summed E-state index contributed by atoms with van der Waals surface area (Å²) >= 11 is 0. The largest absolute Gasteiger partial charge is 2.00 e. The van der Waals surface area contributed by atoms with Gasteiger partial charge in [-0.15, -0.1) is 22.1 Å². The van der Waals surface area contributed by atoms with Crippen LogP contribution in [0.25, 0.3) is 90.9 Å². The summed E-state index contributed by atoms with van der Waals surface area (Å²) in [5.41, 5.74) is 14.7. The second kappa shape index (κ2) is 14.7. The van der Waals surface area contributed by atoms with E-state index in [1.807, 2.05) is 46.5 Å². The molecule has 0 radical (unpaired) electrons. The normalized spacial score (nSPS) is 11.6. The van der Waals surface area contributed by atoms with Gasteiger partial charge in [0, 0.05) is 48.5 Å². The zero-order chi connectivity index (χ0) is 35.3. The van der Waals surface area contributed by atoms with E-state index in [0.717, 1.165) is 89.4 Å². The standard InChI is InChI=1S/C44H36N8.H2O.Zn/c1-49-21-13-29(14-22-49)41-33-5-7-35(45-33)42(30-15-23-50(2)24-16-30)37-9-11-39(47-37)44(32-19-27-52(4)28-20-32)40-12-10-38(48-40)43(36-8-6-34(41)46-36)31-17-25-51(3)26-18-31;;/h5-28H,1-4H3;1H2;/q+2;;+2. The number of aromatic nitrogens is 8. The first kappa shape index (κ1) is 36.2. The molecule has 0 spiro atoms. The Bertz CT molecular complexity index is 2370. The Hall–Kier alpha value is -6.22. The van der Waals surface area contributed by atoms with Crippen LogP contribution in [0.5, 0.6) is 0 Å². The molecule has 0 aromatic carbocycles. The summed E-state index contributed by atoms with van der Waals surface area (Å²) < 4.78 is 8.14. The van der Waals surface area contributed by atoms with Gasteiger partial charge in [0.1, 0.15) is 28.2 Å². The topological polar surface area (TPSA) is 101 Å². The van der Waals surface area contributed by atoms with Crippen molar-refractivity contribution in [3.63, 3.8) is 0 Å². The molecule has 2 aliphatic rings. The summed E-state index contributed by atoms with van der Waals surface area (Å²) in [4.78, 5) is 21.4. The van der Waals surface area contributed by atoms with Crippen molar-refractivity contribution in [3.05, 3.63) is 145 Å². The fourth-order valence-electron chi connectivity index (χ4n) is 6.94. The van der Waals surface area contributed by atoms with Crippen LogP contribution < -0.4 is 28.2 Å². The average Bonchev–Trinajstić information content (AvgIpc) is 3.99. The van der Waals surface area contributed by atoms with Crippen molar-refractivity contribution in [2.75, 3.05) is 0 Å². The first-order valence-corrected chi connectivity index (χ1v) is 17.3. The minimum absolute atomic E-state index is 0. The molecule has 54 heavy (non-hydrogen) atoms. The Morgan fingerprint density at radius 3 is 0.759 bits per heavy atom. The first-order chi connectivity index (χ1) is 25.4. The number of nitrogens with zero attached hydrogens (tertiary/aromatic N) is 8. The van der Waals surface area contributed by atoms with E-state index in [4.69, 9.17) is 19.9 Å². The Morgan fingerprint density at radius 1 is 0.352 bits per heavy atom. The van der Waals surface area contributed by atoms with Gasteiger partial charge in [0.05, 0.1) is 22.8 Å². The monoisotopic (exact) mass is 758 g/mol. The Balaban J connectivity index is 0.00000225. The molecule has 0 atom stereocenters. The van der Waals surface area contributed by atoms with Gasteiger partial charge in [-0.25, -0.2) is 28.2 Å². The van der Waals surface area contributed by atoms with Crippen molar-refractivity contribution < 1.29 is 43.2 Å². The van der Waals surface area contributed by atoms with Crippen LogP contribution in [-0.4, -0.2) is 15.4 Å². The fourth-order valence-corrected chi connectivity index (χ4v) is 6.94. The fraction of sp³-hybridized carbons (Fsp3) is 0.0909. The molecule has 9 nitrogen and oxygen atoms in total. The van der Waals surface area contributed by atoms with E-state index in [2.05, 4.69) is 147 Å². The van der Waals surface area contributed by atoms with Gasteiger partial charge in [-0.2, -0.15) is 0 Å². The van der Waals surface area contributed by atoms with E-state index in [0.29, 0.717) is 0 Å². The van der Waals surface area contributed by atoms with E-state index in [9.17, 15) is 0 Å². The Labute approximate surface area is 326 Å². The van der Waals surface area contributed by atoms with Gasteiger partial charge in [0.2, 0.25) is 0 Å². The molecule has 7 aromatic heterocycles. The predicted octanol–water partition coefficient (Wildman–Crippen LogP) is 5.05. The van der Waals surface area contributed by atoms with Crippen LogP contribution in [0.1, 0.15) is 22.8 Å². The summed E-state index contributed by atoms with van der Waals surface area (Å²) in [5, 5.41) is 0. The number of hydrogen-bond donors (Lipinski definition) is 0. The first-order valence-electron chi connectivity index (χ1n) is 17.3. The van der Waals surface area contributed by atoms with E-state index in [1.165, 1.54) is 0 Å². The maximum atomic E-state index is 5.35. The maximum absolute atomic E-state index is 5.35. The number of pyridine rings is 4. The van der Waals surface area contributed by atoms with Gasteiger partial charge in [-0.1, -0.05) is 24.3 Å². The molecule has 0 saturated carbocycles.